The third kappa shape index (κ3) is 7.73. The van der Waals surface area contributed by atoms with E-state index in [0.717, 1.165) is 18.8 Å². The molecular weight excluding hydrogens is 400 g/mol. The van der Waals surface area contributed by atoms with E-state index >= 15 is 0 Å². The second kappa shape index (κ2) is 13.6. The van der Waals surface area contributed by atoms with Gasteiger partial charge in [0.05, 0.1) is 5.69 Å². The molecule has 0 atom stereocenters. The van der Waals surface area contributed by atoms with Gasteiger partial charge in [-0.1, -0.05) is 62.1 Å². The second-order valence-electron chi connectivity index (χ2n) is 8.03. The van der Waals surface area contributed by atoms with Crippen molar-refractivity contribution in [1.29, 1.82) is 0 Å². The minimum Gasteiger partial charge on any atom is -0.423 e. The van der Waals surface area contributed by atoms with Gasteiger partial charge in [-0.3, -0.25) is 0 Å². The van der Waals surface area contributed by atoms with Crippen LogP contribution < -0.4 is 10.1 Å². The Labute approximate surface area is 191 Å². The van der Waals surface area contributed by atoms with Crippen LogP contribution in [0.15, 0.2) is 54.6 Å². The molecule has 1 heterocycles. The van der Waals surface area contributed by atoms with Crippen molar-refractivity contribution in [2.75, 3.05) is 26.2 Å². The highest BCUT2D eigenvalue weighted by Gasteiger charge is 2.10. The predicted octanol–water partition coefficient (Wildman–Crippen LogP) is 4.84. The molecule has 3 rings (SSSR count). The zero-order chi connectivity index (χ0) is 22.4. The van der Waals surface area contributed by atoms with Gasteiger partial charge < -0.3 is 15.0 Å². The van der Waals surface area contributed by atoms with Crippen molar-refractivity contribution in [3.05, 3.63) is 60.2 Å². The lowest BCUT2D eigenvalue weighted by atomic mass is 10.2. The maximum absolute atomic E-state index is 5.89. The van der Waals surface area contributed by atoms with Crippen LogP contribution >= 0.6 is 0 Å². The van der Waals surface area contributed by atoms with Crippen molar-refractivity contribution < 1.29 is 4.74 Å². The number of benzene rings is 2. The molecule has 0 saturated heterocycles. The number of ether oxygens (including phenoxy) is 1. The summed E-state index contributed by atoms with van der Waals surface area (Å²) in [6.45, 7) is 10.0. The Bertz CT molecular complexity index is 873. The standard InChI is InChI=1S/C25H36N6O/c1-3-5-18-30(19-6-4-2)20-10-17-26-21-22-13-15-24(16-14-22)32-25-27-28-29-31(25)23-11-8-7-9-12-23/h7-9,11-16,26H,3-6,10,17-21H2,1-2H3. The van der Waals surface area contributed by atoms with E-state index in [1.807, 2.05) is 42.5 Å². The summed E-state index contributed by atoms with van der Waals surface area (Å²) in [6, 6.07) is 18.1. The number of tetrazole rings is 1. The first-order valence-electron chi connectivity index (χ1n) is 11.8. The SMILES string of the molecule is CCCCN(CCCC)CCCNCc1ccc(Oc2nnnn2-c2ccccc2)cc1. The first-order chi connectivity index (χ1) is 15.8. The van der Waals surface area contributed by atoms with Crippen LogP contribution in [0.3, 0.4) is 0 Å². The first kappa shape index (κ1) is 23.9. The molecule has 0 unspecified atom stereocenters. The quantitative estimate of drug-likeness (QED) is 0.344. The Morgan fingerprint density at radius 3 is 2.25 bits per heavy atom. The number of para-hydroxylation sites is 1. The molecule has 2 aromatic carbocycles. The topological polar surface area (TPSA) is 68.1 Å². The van der Waals surface area contributed by atoms with Gasteiger partial charge in [-0.05, 0) is 85.7 Å². The molecule has 0 bridgehead atoms. The van der Waals surface area contributed by atoms with E-state index in [4.69, 9.17) is 4.74 Å². The van der Waals surface area contributed by atoms with E-state index in [1.54, 1.807) is 4.68 Å². The number of hydrogen-bond acceptors (Lipinski definition) is 6. The monoisotopic (exact) mass is 436 g/mol. The molecule has 3 aromatic rings. The summed E-state index contributed by atoms with van der Waals surface area (Å²) in [5.74, 6) is 0.711. The summed E-state index contributed by atoms with van der Waals surface area (Å²) in [6.07, 6.45) is 6.30. The van der Waals surface area contributed by atoms with Crippen molar-refractivity contribution in [1.82, 2.24) is 30.4 Å². The molecule has 0 radical (unpaired) electrons. The van der Waals surface area contributed by atoms with Gasteiger partial charge in [0.1, 0.15) is 5.75 Å². The van der Waals surface area contributed by atoms with Crippen LogP contribution in [0.25, 0.3) is 5.69 Å². The van der Waals surface area contributed by atoms with E-state index in [9.17, 15) is 0 Å². The summed E-state index contributed by atoms with van der Waals surface area (Å²) in [7, 11) is 0. The lowest BCUT2D eigenvalue weighted by molar-refractivity contribution is 0.261. The largest absolute Gasteiger partial charge is 0.423 e. The summed E-state index contributed by atoms with van der Waals surface area (Å²) >= 11 is 0. The molecule has 0 fully saturated rings. The van der Waals surface area contributed by atoms with Crippen LogP contribution in [0.5, 0.6) is 11.8 Å². The Hall–Kier alpha value is -2.77. The van der Waals surface area contributed by atoms with Crippen molar-refractivity contribution in [2.24, 2.45) is 0 Å². The highest BCUT2D eigenvalue weighted by molar-refractivity contribution is 5.34. The number of hydrogen-bond donors (Lipinski definition) is 1. The number of unbranched alkanes of at least 4 members (excludes halogenated alkanes) is 2. The molecule has 7 nitrogen and oxygen atoms in total. The van der Waals surface area contributed by atoms with Gasteiger partial charge in [0.2, 0.25) is 0 Å². The lowest BCUT2D eigenvalue weighted by Gasteiger charge is -2.21. The Balaban J connectivity index is 1.41. The molecule has 7 heteroatoms. The average molecular weight is 437 g/mol. The van der Waals surface area contributed by atoms with E-state index in [0.29, 0.717) is 11.8 Å². The van der Waals surface area contributed by atoms with Crippen LogP contribution in [-0.2, 0) is 6.54 Å². The summed E-state index contributed by atoms with van der Waals surface area (Å²) in [5, 5.41) is 15.3. The van der Waals surface area contributed by atoms with E-state index < -0.39 is 0 Å². The Morgan fingerprint density at radius 1 is 0.875 bits per heavy atom. The number of rotatable bonds is 15. The minimum absolute atomic E-state index is 0.345. The third-order valence-corrected chi connectivity index (χ3v) is 5.39. The van der Waals surface area contributed by atoms with Crippen molar-refractivity contribution in [3.8, 4) is 17.4 Å². The van der Waals surface area contributed by atoms with Crippen LogP contribution in [-0.4, -0.2) is 51.3 Å². The van der Waals surface area contributed by atoms with Crippen molar-refractivity contribution in [3.63, 3.8) is 0 Å². The lowest BCUT2D eigenvalue weighted by Crippen LogP contribution is -2.29. The Morgan fingerprint density at radius 2 is 1.56 bits per heavy atom. The molecule has 0 aliphatic heterocycles. The van der Waals surface area contributed by atoms with E-state index in [1.165, 1.54) is 57.3 Å². The van der Waals surface area contributed by atoms with Crippen LogP contribution in [0.2, 0.25) is 0 Å². The molecule has 0 aliphatic rings. The molecule has 0 saturated carbocycles. The zero-order valence-electron chi connectivity index (χ0n) is 19.4. The maximum Gasteiger partial charge on any atom is 0.345 e. The number of nitrogens with zero attached hydrogens (tertiary/aromatic N) is 5. The number of aromatic nitrogens is 4. The van der Waals surface area contributed by atoms with Crippen molar-refractivity contribution >= 4 is 0 Å². The van der Waals surface area contributed by atoms with Gasteiger partial charge in [-0.15, -0.1) is 0 Å². The summed E-state index contributed by atoms with van der Waals surface area (Å²) in [4.78, 5) is 2.61. The molecule has 32 heavy (non-hydrogen) atoms. The smallest absolute Gasteiger partial charge is 0.345 e. The summed E-state index contributed by atoms with van der Waals surface area (Å²) < 4.78 is 7.48. The molecule has 0 aliphatic carbocycles. The second-order valence-corrected chi connectivity index (χ2v) is 8.03. The normalized spacial score (nSPS) is 11.2. The molecule has 0 amide bonds. The number of nitrogens with one attached hydrogen (secondary N) is 1. The highest BCUT2D eigenvalue weighted by Crippen LogP contribution is 2.21. The van der Waals surface area contributed by atoms with Crippen LogP contribution in [0, 0.1) is 0 Å². The fourth-order valence-electron chi connectivity index (χ4n) is 3.51. The van der Waals surface area contributed by atoms with Gasteiger partial charge in [0.15, 0.2) is 0 Å². The molecule has 1 N–H and O–H groups in total. The molecular formula is C25H36N6O. The van der Waals surface area contributed by atoms with E-state index in [-0.39, 0.29) is 0 Å². The van der Waals surface area contributed by atoms with Gasteiger partial charge >= 0.3 is 6.01 Å². The highest BCUT2D eigenvalue weighted by atomic mass is 16.5. The zero-order valence-corrected chi connectivity index (χ0v) is 19.4. The Kier molecular flexibility index (Phi) is 10.2. The fraction of sp³-hybridized carbons (Fsp3) is 0.480. The van der Waals surface area contributed by atoms with Gasteiger partial charge in [-0.25, -0.2) is 0 Å². The van der Waals surface area contributed by atoms with Crippen LogP contribution in [0.4, 0.5) is 0 Å². The van der Waals surface area contributed by atoms with Crippen LogP contribution in [0.1, 0.15) is 51.5 Å². The predicted molar refractivity (Wildman–Crippen MR) is 128 cm³/mol. The minimum atomic E-state index is 0.345. The summed E-state index contributed by atoms with van der Waals surface area (Å²) in [5.41, 5.74) is 2.09. The van der Waals surface area contributed by atoms with E-state index in [2.05, 4.69) is 51.7 Å². The van der Waals surface area contributed by atoms with Crippen molar-refractivity contribution in [2.45, 2.75) is 52.5 Å². The van der Waals surface area contributed by atoms with Gasteiger partial charge in [0, 0.05) is 6.54 Å². The average Bonchev–Trinajstić information content (AvgIpc) is 3.30. The molecule has 1 aromatic heterocycles. The molecule has 172 valence electrons. The molecule has 0 spiro atoms. The van der Waals surface area contributed by atoms with Gasteiger partial charge in [-0.2, -0.15) is 4.68 Å². The third-order valence-electron chi connectivity index (χ3n) is 5.39. The maximum atomic E-state index is 5.89. The fourth-order valence-corrected chi connectivity index (χ4v) is 3.51. The first-order valence-corrected chi connectivity index (χ1v) is 11.8. The van der Waals surface area contributed by atoms with Gasteiger partial charge in [0.25, 0.3) is 0 Å².